The summed E-state index contributed by atoms with van der Waals surface area (Å²) in [5.41, 5.74) is -0.562. The quantitative estimate of drug-likeness (QED) is 0.0949. The fourth-order valence-electron chi connectivity index (χ4n) is 2.10. The van der Waals surface area contributed by atoms with Crippen molar-refractivity contribution in [1.82, 2.24) is 0 Å². The summed E-state index contributed by atoms with van der Waals surface area (Å²) in [6, 6.07) is 3.53. The third-order valence-electron chi connectivity index (χ3n) is 4.06. The molecule has 19 heteroatoms. The molecule has 0 saturated carbocycles. The molecule has 0 N–H and O–H groups in total. The van der Waals surface area contributed by atoms with E-state index >= 15 is 0 Å². The average molecular weight is 573 g/mol. The topological polar surface area (TPSA) is 69.4 Å². The van der Waals surface area contributed by atoms with Crippen LogP contribution in [-0.2, 0) is 9.53 Å². The first-order valence-electron chi connectivity index (χ1n) is 8.45. The van der Waals surface area contributed by atoms with Gasteiger partial charge in [0.2, 0.25) is 0 Å². The minimum Gasteiger partial charge on any atom is -0.458 e. The first-order chi connectivity index (χ1) is 15.7. The molecule has 1 aromatic rings. The largest absolute Gasteiger partial charge is 0.458 e. The highest BCUT2D eigenvalue weighted by Crippen LogP contribution is 2.58. The van der Waals surface area contributed by atoms with Gasteiger partial charge in [-0.3, -0.25) is 14.9 Å². The summed E-state index contributed by atoms with van der Waals surface area (Å²) in [5.74, 6) is -39.3. The van der Waals surface area contributed by atoms with Gasteiger partial charge in [-0.15, -0.1) is 23.5 Å². The summed E-state index contributed by atoms with van der Waals surface area (Å²) in [6.45, 7) is -3.04. The van der Waals surface area contributed by atoms with Gasteiger partial charge in [0.1, 0.15) is 0 Å². The van der Waals surface area contributed by atoms with Gasteiger partial charge in [0.15, 0.2) is 6.61 Å². The number of carbonyl (C=O) groups excluding carboxylic acids is 1. The molecular formula is C16H11F12NO4S2. The second-order valence-corrected chi connectivity index (χ2v) is 8.29. The van der Waals surface area contributed by atoms with Crippen LogP contribution >= 0.6 is 23.5 Å². The van der Waals surface area contributed by atoms with Gasteiger partial charge in [-0.05, 0) is 18.4 Å². The van der Waals surface area contributed by atoms with E-state index in [-0.39, 0.29) is 16.7 Å². The SMILES string of the molecule is CSc1ccc(SCC(=O)OCC(F)(F)C(F)(F)C(F)(F)C(F)(F)C(F)(F)C(F)F)c([N+](=O)[O-])c1. The van der Waals surface area contributed by atoms with Gasteiger partial charge in [-0.2, -0.15) is 43.9 Å². The number of alkyl halides is 12. The molecule has 0 aliphatic carbocycles. The maximum Gasteiger partial charge on any atom is 0.384 e. The van der Waals surface area contributed by atoms with Crippen molar-refractivity contribution in [3.63, 3.8) is 0 Å². The molecule has 0 atom stereocenters. The van der Waals surface area contributed by atoms with Crippen LogP contribution in [0.3, 0.4) is 0 Å². The van der Waals surface area contributed by atoms with Crippen molar-refractivity contribution in [1.29, 1.82) is 0 Å². The van der Waals surface area contributed by atoms with Crippen molar-refractivity contribution >= 4 is 35.2 Å². The van der Waals surface area contributed by atoms with Gasteiger partial charge in [-0.25, -0.2) is 8.78 Å². The fourth-order valence-corrected chi connectivity index (χ4v) is 3.34. The summed E-state index contributed by atoms with van der Waals surface area (Å²) >= 11 is 1.36. The second kappa shape index (κ2) is 10.5. The van der Waals surface area contributed by atoms with Crippen molar-refractivity contribution in [2.24, 2.45) is 0 Å². The number of nitro groups is 1. The lowest BCUT2D eigenvalue weighted by Gasteiger charge is -2.38. The van der Waals surface area contributed by atoms with Crippen LogP contribution in [0.25, 0.3) is 0 Å². The molecule has 0 aliphatic rings. The van der Waals surface area contributed by atoms with Crippen LogP contribution in [0, 0.1) is 10.1 Å². The number of benzene rings is 1. The fraction of sp³-hybridized carbons (Fsp3) is 0.562. The number of hydrogen-bond donors (Lipinski definition) is 0. The molecule has 1 rings (SSSR count). The Kier molecular flexibility index (Phi) is 9.31. The molecular weight excluding hydrogens is 562 g/mol. The van der Waals surface area contributed by atoms with E-state index in [9.17, 15) is 67.6 Å². The zero-order valence-electron chi connectivity index (χ0n) is 16.7. The summed E-state index contributed by atoms with van der Waals surface area (Å²) in [4.78, 5) is 21.9. The van der Waals surface area contributed by atoms with Crippen molar-refractivity contribution in [2.45, 2.75) is 45.8 Å². The van der Waals surface area contributed by atoms with Gasteiger partial charge < -0.3 is 4.74 Å². The molecule has 0 bridgehead atoms. The van der Waals surface area contributed by atoms with Gasteiger partial charge in [0.05, 0.1) is 15.6 Å². The summed E-state index contributed by atoms with van der Waals surface area (Å²) < 4.78 is 161. The first kappa shape index (κ1) is 31.0. The van der Waals surface area contributed by atoms with Crippen molar-refractivity contribution < 1.29 is 67.1 Å². The Hall–Kier alpha value is -2.05. The number of esters is 1. The molecule has 0 saturated heterocycles. The number of carbonyl (C=O) groups is 1. The second-order valence-electron chi connectivity index (χ2n) is 6.39. The van der Waals surface area contributed by atoms with Crippen LogP contribution in [0.1, 0.15) is 0 Å². The summed E-state index contributed by atoms with van der Waals surface area (Å²) in [5, 5.41) is 11.0. The number of hydrogen-bond acceptors (Lipinski definition) is 6. The van der Waals surface area contributed by atoms with Crippen LogP contribution < -0.4 is 0 Å². The van der Waals surface area contributed by atoms with Gasteiger partial charge in [-0.1, -0.05) is 0 Å². The van der Waals surface area contributed by atoms with Crippen LogP contribution in [0.15, 0.2) is 28.0 Å². The van der Waals surface area contributed by atoms with E-state index in [0.717, 1.165) is 23.9 Å². The Bertz CT molecular complexity index is 945. The maximum absolute atomic E-state index is 13.6. The highest BCUT2D eigenvalue weighted by atomic mass is 32.2. The highest BCUT2D eigenvalue weighted by Gasteiger charge is 2.87. The Labute approximate surface area is 195 Å². The maximum atomic E-state index is 13.6. The zero-order valence-corrected chi connectivity index (χ0v) is 18.3. The van der Waals surface area contributed by atoms with Crippen molar-refractivity contribution in [2.75, 3.05) is 18.6 Å². The standard InChI is InChI=1S/C16H11F12NO4S2/c1-34-7-2-3-9(8(4-7)29(31)32)35-5-10(30)33-6-12(19,20)14(23,24)16(27,28)15(25,26)13(21,22)11(17)18/h2-4,11H,5-6H2,1H3. The Morgan fingerprint density at radius 3 is 2.00 bits per heavy atom. The molecule has 0 aromatic heterocycles. The molecule has 0 spiro atoms. The Morgan fingerprint density at radius 2 is 1.54 bits per heavy atom. The minimum absolute atomic E-state index is 0.234. The smallest absolute Gasteiger partial charge is 0.384 e. The molecule has 0 amide bonds. The zero-order chi connectivity index (χ0) is 27.6. The number of nitrogens with zero attached hydrogens (tertiary/aromatic N) is 1. The summed E-state index contributed by atoms with van der Waals surface area (Å²) in [7, 11) is 0. The van der Waals surface area contributed by atoms with E-state index in [0.29, 0.717) is 4.90 Å². The number of nitro benzene ring substituents is 1. The van der Waals surface area contributed by atoms with Crippen molar-refractivity contribution in [3.05, 3.63) is 28.3 Å². The number of rotatable bonds is 12. The lowest BCUT2D eigenvalue weighted by atomic mass is 9.94. The van der Waals surface area contributed by atoms with Crippen molar-refractivity contribution in [3.8, 4) is 0 Å². The molecule has 0 aliphatic heterocycles. The number of halogens is 12. The van der Waals surface area contributed by atoms with Crippen LogP contribution in [0.2, 0.25) is 0 Å². The number of ether oxygens (including phenoxy) is 1. The normalized spacial score (nSPS) is 13.8. The monoisotopic (exact) mass is 573 g/mol. The van der Waals surface area contributed by atoms with E-state index < -0.39 is 65.0 Å². The van der Waals surface area contributed by atoms with Crippen LogP contribution in [0.4, 0.5) is 58.4 Å². The van der Waals surface area contributed by atoms with Crippen LogP contribution in [-0.4, -0.2) is 65.5 Å². The first-order valence-corrected chi connectivity index (χ1v) is 10.7. The summed E-state index contributed by atoms with van der Waals surface area (Å²) in [6.07, 6.45) is -4.07. The molecule has 5 nitrogen and oxygen atoms in total. The predicted octanol–water partition coefficient (Wildman–Crippen LogP) is 6.39. The lowest BCUT2D eigenvalue weighted by molar-refractivity contribution is -0.414. The molecule has 0 radical (unpaired) electrons. The van der Waals surface area contributed by atoms with Gasteiger partial charge >= 0.3 is 42.0 Å². The number of thioether (sulfide) groups is 2. The van der Waals surface area contributed by atoms with Gasteiger partial charge in [0, 0.05) is 11.0 Å². The molecule has 0 fully saturated rings. The average Bonchev–Trinajstić information content (AvgIpc) is 2.75. The van der Waals surface area contributed by atoms with E-state index in [2.05, 4.69) is 4.74 Å². The van der Waals surface area contributed by atoms with E-state index in [1.165, 1.54) is 6.07 Å². The third kappa shape index (κ3) is 5.86. The predicted molar refractivity (Wildman–Crippen MR) is 97.3 cm³/mol. The highest BCUT2D eigenvalue weighted by molar-refractivity contribution is 8.00. The Morgan fingerprint density at radius 1 is 1.00 bits per heavy atom. The minimum atomic E-state index is -7.73. The molecule has 35 heavy (non-hydrogen) atoms. The van der Waals surface area contributed by atoms with E-state index in [1.807, 2.05) is 0 Å². The molecule has 1 aromatic carbocycles. The van der Waals surface area contributed by atoms with Gasteiger partial charge in [0.25, 0.3) is 5.69 Å². The Balaban J connectivity index is 2.99. The molecule has 200 valence electrons. The van der Waals surface area contributed by atoms with Crippen LogP contribution in [0.5, 0.6) is 0 Å². The molecule has 0 unspecified atom stereocenters. The van der Waals surface area contributed by atoms with E-state index in [4.69, 9.17) is 0 Å². The third-order valence-corrected chi connectivity index (χ3v) is 5.83. The molecule has 0 heterocycles. The lowest BCUT2D eigenvalue weighted by Crippen LogP contribution is -2.69. The van der Waals surface area contributed by atoms with E-state index in [1.54, 1.807) is 6.26 Å².